The maximum absolute atomic E-state index is 14.2. The number of fused-ring (bicyclic) bond motifs is 1. The molecule has 0 radical (unpaired) electrons. The van der Waals surface area contributed by atoms with E-state index >= 15 is 0 Å². The average molecular weight is 371 g/mol. The van der Waals surface area contributed by atoms with Crippen molar-refractivity contribution in [1.82, 2.24) is 14.4 Å². The van der Waals surface area contributed by atoms with E-state index in [4.69, 9.17) is 0 Å². The molecule has 2 aromatic heterocycles. The number of hydrogen-bond acceptors (Lipinski definition) is 3. The Morgan fingerprint density at radius 1 is 1.00 bits per heavy atom. The molecule has 0 fully saturated rings. The summed E-state index contributed by atoms with van der Waals surface area (Å²) in [5.74, 6) is 0.230. The highest BCUT2D eigenvalue weighted by Crippen LogP contribution is 2.39. The zero-order chi connectivity index (χ0) is 17.5. The standard InChI is InChI=1S/C15H14F3N3OP2/c1-14(16,17)22-11-4-2-9(3-5-11)10-6-19-12-7-20-13(15(18,23)24)21(12)8-10/h2-8H,23-24H2,1H3. The molecule has 0 N–H and O–H groups in total. The summed E-state index contributed by atoms with van der Waals surface area (Å²) in [5, 5.41) is -1.78. The van der Waals surface area contributed by atoms with Crippen LogP contribution in [-0.2, 0) is 5.15 Å². The zero-order valence-electron chi connectivity index (χ0n) is 12.6. The van der Waals surface area contributed by atoms with Gasteiger partial charge in [0, 0.05) is 24.9 Å². The minimum Gasteiger partial charge on any atom is -0.433 e. The maximum Gasteiger partial charge on any atom is 0.394 e. The van der Waals surface area contributed by atoms with Gasteiger partial charge in [-0.15, -0.1) is 0 Å². The molecule has 0 bridgehead atoms. The fraction of sp³-hybridized carbons (Fsp3) is 0.200. The van der Waals surface area contributed by atoms with Gasteiger partial charge in [0.2, 0.25) is 0 Å². The van der Waals surface area contributed by atoms with Gasteiger partial charge in [0.25, 0.3) is 0 Å². The number of alkyl halides is 3. The molecule has 1 aromatic carbocycles. The van der Waals surface area contributed by atoms with Crippen molar-refractivity contribution < 1.29 is 17.9 Å². The predicted octanol–water partition coefficient (Wildman–Crippen LogP) is 4.22. The van der Waals surface area contributed by atoms with Crippen LogP contribution in [0.25, 0.3) is 16.8 Å². The van der Waals surface area contributed by atoms with Crippen molar-refractivity contribution in [2.75, 3.05) is 0 Å². The van der Waals surface area contributed by atoms with Crippen molar-refractivity contribution >= 4 is 24.1 Å². The van der Waals surface area contributed by atoms with Crippen molar-refractivity contribution in [2.45, 2.75) is 18.2 Å². The van der Waals surface area contributed by atoms with Gasteiger partial charge in [-0.1, -0.05) is 30.6 Å². The third-order valence-electron chi connectivity index (χ3n) is 3.21. The lowest BCUT2D eigenvalue weighted by Gasteiger charge is -2.14. The highest BCUT2D eigenvalue weighted by atomic mass is 31.1. The molecule has 2 unspecified atom stereocenters. The zero-order valence-corrected chi connectivity index (χ0v) is 14.9. The van der Waals surface area contributed by atoms with Gasteiger partial charge in [-0.05, 0) is 17.7 Å². The smallest absolute Gasteiger partial charge is 0.394 e. The predicted molar refractivity (Wildman–Crippen MR) is 91.9 cm³/mol. The minimum atomic E-state index is -3.24. The average Bonchev–Trinajstić information content (AvgIpc) is 2.89. The summed E-state index contributed by atoms with van der Waals surface area (Å²) in [6.45, 7) is 0.675. The fourth-order valence-corrected chi connectivity index (χ4v) is 2.66. The van der Waals surface area contributed by atoms with Gasteiger partial charge in [-0.3, -0.25) is 4.40 Å². The van der Waals surface area contributed by atoms with Crippen LogP contribution in [-0.4, -0.2) is 20.5 Å². The SMILES string of the molecule is CC(F)(F)Oc1ccc(-c2cnc3cnc(C(F)(P)P)n3c2)cc1. The van der Waals surface area contributed by atoms with E-state index in [9.17, 15) is 13.2 Å². The first-order valence-corrected chi connectivity index (χ1v) is 8.06. The molecule has 0 spiro atoms. The van der Waals surface area contributed by atoms with Crippen LogP contribution in [0.15, 0.2) is 42.9 Å². The van der Waals surface area contributed by atoms with Crippen molar-refractivity contribution in [3.05, 3.63) is 48.7 Å². The second kappa shape index (κ2) is 5.98. The van der Waals surface area contributed by atoms with Gasteiger partial charge in [-0.25, -0.2) is 14.4 Å². The number of hydrogen-bond donors (Lipinski definition) is 0. The molecule has 0 aliphatic heterocycles. The summed E-state index contributed by atoms with van der Waals surface area (Å²) in [5.41, 5.74) is 1.93. The summed E-state index contributed by atoms with van der Waals surface area (Å²) in [6.07, 6.45) is 1.53. The lowest BCUT2D eigenvalue weighted by Crippen LogP contribution is -2.18. The summed E-state index contributed by atoms with van der Waals surface area (Å²) >= 11 is 0. The van der Waals surface area contributed by atoms with Crippen molar-refractivity contribution in [1.29, 1.82) is 0 Å². The van der Waals surface area contributed by atoms with Crippen LogP contribution in [0.1, 0.15) is 12.7 Å². The molecule has 9 heteroatoms. The Hall–Kier alpha value is -1.71. The Kier molecular flexibility index (Phi) is 4.27. The minimum absolute atomic E-state index is 0.0568. The maximum atomic E-state index is 14.2. The molecule has 24 heavy (non-hydrogen) atoms. The molecule has 3 rings (SSSR count). The number of benzene rings is 1. The van der Waals surface area contributed by atoms with Crippen LogP contribution in [0, 0.1) is 0 Å². The van der Waals surface area contributed by atoms with E-state index in [-0.39, 0.29) is 11.6 Å². The highest BCUT2D eigenvalue weighted by Gasteiger charge is 2.25. The van der Waals surface area contributed by atoms with E-state index in [1.807, 2.05) is 0 Å². The molecule has 3 aromatic rings. The van der Waals surface area contributed by atoms with Gasteiger partial charge < -0.3 is 4.74 Å². The normalized spacial score (nSPS) is 12.6. The van der Waals surface area contributed by atoms with E-state index in [0.29, 0.717) is 18.1 Å². The van der Waals surface area contributed by atoms with Gasteiger partial charge in [0.15, 0.2) is 16.6 Å². The molecule has 2 heterocycles. The lowest BCUT2D eigenvalue weighted by atomic mass is 10.1. The van der Waals surface area contributed by atoms with E-state index in [2.05, 4.69) is 33.2 Å². The fourth-order valence-electron chi connectivity index (χ4n) is 2.24. The van der Waals surface area contributed by atoms with Crippen LogP contribution in [0.2, 0.25) is 0 Å². The molecular formula is C15H14F3N3OP2. The van der Waals surface area contributed by atoms with Gasteiger partial charge >= 0.3 is 6.11 Å². The van der Waals surface area contributed by atoms with Crippen LogP contribution < -0.4 is 4.74 Å². The number of rotatable bonds is 4. The Morgan fingerprint density at radius 2 is 1.67 bits per heavy atom. The van der Waals surface area contributed by atoms with Crippen LogP contribution in [0.5, 0.6) is 5.75 Å². The number of imidazole rings is 1. The molecule has 0 aliphatic rings. The first-order chi connectivity index (χ1) is 11.1. The Morgan fingerprint density at radius 3 is 2.25 bits per heavy atom. The van der Waals surface area contributed by atoms with Crippen LogP contribution in [0.3, 0.4) is 0 Å². The highest BCUT2D eigenvalue weighted by molar-refractivity contribution is 7.38. The topological polar surface area (TPSA) is 39.4 Å². The molecule has 0 amide bonds. The van der Waals surface area contributed by atoms with Gasteiger partial charge in [-0.2, -0.15) is 8.78 Å². The molecule has 2 atom stereocenters. The quantitative estimate of drug-likeness (QED) is 0.645. The lowest BCUT2D eigenvalue weighted by molar-refractivity contribution is -0.158. The van der Waals surface area contributed by atoms with Crippen LogP contribution >= 0.6 is 18.5 Å². The summed E-state index contributed by atoms with van der Waals surface area (Å²) < 4.78 is 45.9. The summed E-state index contributed by atoms with van der Waals surface area (Å²) in [6, 6.07) is 6.14. The molecule has 0 saturated heterocycles. The third kappa shape index (κ3) is 3.68. The van der Waals surface area contributed by atoms with E-state index in [1.165, 1.54) is 18.3 Å². The summed E-state index contributed by atoms with van der Waals surface area (Å²) in [7, 11) is 4.12. The summed E-state index contributed by atoms with van der Waals surface area (Å²) in [4.78, 5) is 8.27. The first-order valence-electron chi connectivity index (χ1n) is 6.91. The second-order valence-electron chi connectivity index (χ2n) is 5.35. The number of aromatic nitrogens is 3. The molecule has 4 nitrogen and oxygen atoms in total. The third-order valence-corrected chi connectivity index (χ3v) is 3.73. The number of nitrogens with zero attached hydrogens (tertiary/aromatic N) is 3. The van der Waals surface area contributed by atoms with E-state index < -0.39 is 11.3 Å². The first kappa shape index (κ1) is 17.1. The molecule has 126 valence electrons. The van der Waals surface area contributed by atoms with Crippen molar-refractivity contribution in [3.8, 4) is 16.9 Å². The second-order valence-corrected chi connectivity index (χ2v) is 7.70. The van der Waals surface area contributed by atoms with Crippen LogP contribution in [0.4, 0.5) is 13.2 Å². The van der Waals surface area contributed by atoms with E-state index in [1.54, 1.807) is 28.9 Å². The Balaban J connectivity index is 1.97. The Labute approximate surface area is 140 Å². The molecule has 0 aliphatic carbocycles. The Bertz CT molecular complexity index is 870. The number of halogens is 3. The monoisotopic (exact) mass is 371 g/mol. The van der Waals surface area contributed by atoms with Crippen molar-refractivity contribution in [3.63, 3.8) is 0 Å². The largest absolute Gasteiger partial charge is 0.433 e. The number of ether oxygens (including phenoxy) is 1. The van der Waals surface area contributed by atoms with Gasteiger partial charge in [0.1, 0.15) is 5.75 Å². The molecule has 0 saturated carbocycles. The van der Waals surface area contributed by atoms with E-state index in [0.717, 1.165) is 5.56 Å². The molecular weight excluding hydrogens is 357 g/mol. The van der Waals surface area contributed by atoms with Crippen molar-refractivity contribution in [2.24, 2.45) is 0 Å². The van der Waals surface area contributed by atoms with Gasteiger partial charge in [0.05, 0.1) is 6.20 Å².